The number of anilines is 1. The average Bonchev–Trinajstić information content (AvgIpc) is 2.40. The van der Waals surface area contributed by atoms with E-state index in [2.05, 4.69) is 10.1 Å². The summed E-state index contributed by atoms with van der Waals surface area (Å²) in [7, 11) is 0. The van der Waals surface area contributed by atoms with Crippen LogP contribution in [-0.4, -0.2) is 6.36 Å². The SMILES string of the molecule is FC(F)(F)Oc1ccc(NCc2ccc(Cl)c(Cl)c2)cc1. The van der Waals surface area contributed by atoms with Gasteiger partial charge in [0, 0.05) is 12.2 Å². The molecule has 0 saturated heterocycles. The fraction of sp³-hybridized carbons (Fsp3) is 0.143. The van der Waals surface area contributed by atoms with Crippen LogP contribution in [-0.2, 0) is 6.54 Å². The molecular weight excluding hydrogens is 326 g/mol. The summed E-state index contributed by atoms with van der Waals surface area (Å²) in [4.78, 5) is 0. The Labute approximate surface area is 129 Å². The first-order chi connectivity index (χ1) is 9.83. The molecule has 2 nitrogen and oxygen atoms in total. The van der Waals surface area contributed by atoms with Gasteiger partial charge in [0.1, 0.15) is 5.75 Å². The number of hydrogen-bond donors (Lipinski definition) is 1. The van der Waals surface area contributed by atoms with Gasteiger partial charge in [0.2, 0.25) is 0 Å². The molecule has 7 heteroatoms. The third-order valence-corrected chi connectivity index (χ3v) is 3.31. The third-order valence-electron chi connectivity index (χ3n) is 2.57. The molecule has 2 rings (SSSR count). The monoisotopic (exact) mass is 335 g/mol. The van der Waals surface area contributed by atoms with Crippen LogP contribution in [0.25, 0.3) is 0 Å². The molecule has 0 bridgehead atoms. The summed E-state index contributed by atoms with van der Waals surface area (Å²) in [6.07, 6.45) is -4.69. The molecule has 0 aromatic heterocycles. The Bertz CT molecular complexity index is 615. The predicted octanol–water partition coefficient (Wildman–Crippen LogP) is 5.50. The molecule has 21 heavy (non-hydrogen) atoms. The Morgan fingerprint density at radius 3 is 2.19 bits per heavy atom. The van der Waals surface area contributed by atoms with E-state index < -0.39 is 6.36 Å². The largest absolute Gasteiger partial charge is 0.573 e. The van der Waals surface area contributed by atoms with Crippen LogP contribution in [0.5, 0.6) is 5.75 Å². The first-order valence-corrected chi connectivity index (χ1v) is 6.63. The van der Waals surface area contributed by atoms with Crippen molar-refractivity contribution in [2.24, 2.45) is 0 Å². The molecule has 0 amide bonds. The van der Waals surface area contributed by atoms with Crippen LogP contribution in [0, 0.1) is 0 Å². The molecule has 0 unspecified atom stereocenters. The molecule has 0 fully saturated rings. The molecule has 0 heterocycles. The van der Waals surface area contributed by atoms with E-state index in [-0.39, 0.29) is 5.75 Å². The standard InChI is InChI=1S/C14H10Cl2F3NO/c15-12-6-1-9(7-13(12)16)8-20-10-2-4-11(5-3-10)21-14(17,18)19/h1-7,20H,8H2. The summed E-state index contributed by atoms with van der Waals surface area (Å²) in [6.45, 7) is 0.469. The second kappa shape index (κ2) is 6.45. The van der Waals surface area contributed by atoms with Crippen LogP contribution in [0.3, 0.4) is 0 Å². The fourth-order valence-electron chi connectivity index (χ4n) is 1.63. The Morgan fingerprint density at radius 1 is 0.952 bits per heavy atom. The van der Waals surface area contributed by atoms with Crippen molar-refractivity contribution in [2.45, 2.75) is 12.9 Å². The zero-order valence-electron chi connectivity index (χ0n) is 10.5. The van der Waals surface area contributed by atoms with E-state index in [1.54, 1.807) is 12.1 Å². The summed E-state index contributed by atoms with van der Waals surface area (Å²) in [5, 5.41) is 3.97. The first-order valence-electron chi connectivity index (χ1n) is 5.87. The van der Waals surface area contributed by atoms with E-state index in [1.807, 2.05) is 6.07 Å². The van der Waals surface area contributed by atoms with Crippen LogP contribution in [0.4, 0.5) is 18.9 Å². The van der Waals surface area contributed by atoms with Gasteiger partial charge in [0.15, 0.2) is 0 Å². The van der Waals surface area contributed by atoms with Crippen LogP contribution < -0.4 is 10.1 Å². The summed E-state index contributed by atoms with van der Waals surface area (Å²) in [6, 6.07) is 10.7. The number of ether oxygens (including phenoxy) is 1. The van der Waals surface area contributed by atoms with Gasteiger partial charge in [-0.3, -0.25) is 0 Å². The van der Waals surface area contributed by atoms with E-state index in [1.165, 1.54) is 24.3 Å². The summed E-state index contributed by atoms with van der Waals surface area (Å²) in [5.41, 5.74) is 1.57. The average molecular weight is 336 g/mol. The zero-order chi connectivity index (χ0) is 15.5. The Hall–Kier alpha value is -1.59. The van der Waals surface area contributed by atoms with Crippen molar-refractivity contribution < 1.29 is 17.9 Å². The van der Waals surface area contributed by atoms with Gasteiger partial charge in [-0.25, -0.2) is 0 Å². The number of benzene rings is 2. The maximum absolute atomic E-state index is 12.0. The highest BCUT2D eigenvalue weighted by Crippen LogP contribution is 2.25. The van der Waals surface area contributed by atoms with Gasteiger partial charge in [-0.05, 0) is 42.0 Å². The van der Waals surface area contributed by atoms with Crippen LogP contribution in [0.2, 0.25) is 10.0 Å². The smallest absolute Gasteiger partial charge is 0.406 e. The van der Waals surface area contributed by atoms with E-state index in [0.717, 1.165) is 5.56 Å². The summed E-state index contributed by atoms with van der Waals surface area (Å²) in [5.74, 6) is -0.261. The van der Waals surface area contributed by atoms with Crippen molar-refractivity contribution in [3.8, 4) is 5.75 Å². The van der Waals surface area contributed by atoms with E-state index >= 15 is 0 Å². The van der Waals surface area contributed by atoms with E-state index in [4.69, 9.17) is 23.2 Å². The molecule has 112 valence electrons. The van der Waals surface area contributed by atoms with Gasteiger partial charge in [0.05, 0.1) is 10.0 Å². The molecular formula is C14H10Cl2F3NO. The minimum Gasteiger partial charge on any atom is -0.406 e. The molecule has 0 saturated carbocycles. The lowest BCUT2D eigenvalue weighted by Crippen LogP contribution is -2.17. The maximum Gasteiger partial charge on any atom is 0.573 e. The minimum absolute atomic E-state index is 0.261. The predicted molar refractivity (Wildman–Crippen MR) is 76.9 cm³/mol. The molecule has 0 aliphatic carbocycles. The van der Waals surface area contributed by atoms with Crippen LogP contribution in [0.15, 0.2) is 42.5 Å². The zero-order valence-corrected chi connectivity index (χ0v) is 12.1. The Balaban J connectivity index is 1.96. The maximum atomic E-state index is 12.0. The Kier molecular flexibility index (Phi) is 4.85. The van der Waals surface area contributed by atoms with Crippen molar-refractivity contribution in [3.05, 3.63) is 58.1 Å². The van der Waals surface area contributed by atoms with E-state index in [9.17, 15) is 13.2 Å². The highest BCUT2D eigenvalue weighted by molar-refractivity contribution is 6.42. The normalized spacial score (nSPS) is 11.3. The molecule has 0 atom stereocenters. The number of alkyl halides is 3. The van der Waals surface area contributed by atoms with E-state index in [0.29, 0.717) is 22.3 Å². The van der Waals surface area contributed by atoms with Gasteiger partial charge in [-0.2, -0.15) is 0 Å². The number of nitrogens with one attached hydrogen (secondary N) is 1. The highest BCUT2D eigenvalue weighted by Gasteiger charge is 2.30. The quantitative estimate of drug-likeness (QED) is 0.796. The van der Waals surface area contributed by atoms with Crippen molar-refractivity contribution >= 4 is 28.9 Å². The molecule has 2 aromatic carbocycles. The topological polar surface area (TPSA) is 21.3 Å². The molecule has 0 aliphatic rings. The van der Waals surface area contributed by atoms with Gasteiger partial charge >= 0.3 is 6.36 Å². The van der Waals surface area contributed by atoms with Gasteiger partial charge in [-0.15, -0.1) is 13.2 Å². The molecule has 0 aliphatic heterocycles. The summed E-state index contributed by atoms with van der Waals surface area (Å²) >= 11 is 11.7. The van der Waals surface area contributed by atoms with Crippen molar-refractivity contribution in [1.82, 2.24) is 0 Å². The van der Waals surface area contributed by atoms with Crippen molar-refractivity contribution in [1.29, 1.82) is 0 Å². The molecule has 2 aromatic rings. The second-order valence-corrected chi connectivity index (χ2v) is 4.99. The minimum atomic E-state index is -4.69. The van der Waals surface area contributed by atoms with Gasteiger partial charge in [-0.1, -0.05) is 29.3 Å². The van der Waals surface area contributed by atoms with Gasteiger partial charge < -0.3 is 10.1 Å². The second-order valence-electron chi connectivity index (χ2n) is 4.17. The Morgan fingerprint density at radius 2 is 1.62 bits per heavy atom. The van der Waals surface area contributed by atoms with Crippen LogP contribution in [0.1, 0.15) is 5.56 Å². The third kappa shape index (κ3) is 5.02. The number of halogens is 5. The van der Waals surface area contributed by atoms with Crippen molar-refractivity contribution in [3.63, 3.8) is 0 Å². The lowest BCUT2D eigenvalue weighted by molar-refractivity contribution is -0.274. The molecule has 1 N–H and O–H groups in total. The lowest BCUT2D eigenvalue weighted by Gasteiger charge is -2.10. The lowest BCUT2D eigenvalue weighted by atomic mass is 10.2. The van der Waals surface area contributed by atoms with Gasteiger partial charge in [0.25, 0.3) is 0 Å². The highest BCUT2D eigenvalue weighted by atomic mass is 35.5. The molecule has 0 spiro atoms. The summed E-state index contributed by atoms with van der Waals surface area (Å²) < 4.78 is 39.9. The number of rotatable bonds is 4. The number of hydrogen-bond acceptors (Lipinski definition) is 2. The molecule has 0 radical (unpaired) electrons. The van der Waals surface area contributed by atoms with Crippen LogP contribution >= 0.6 is 23.2 Å². The van der Waals surface area contributed by atoms with Crippen molar-refractivity contribution in [2.75, 3.05) is 5.32 Å². The fourth-order valence-corrected chi connectivity index (χ4v) is 1.95. The first kappa shape index (κ1) is 15.8.